The first kappa shape index (κ1) is 14.2. The fraction of sp³-hybridized carbons (Fsp3) is 0.308. The minimum absolute atomic E-state index is 0.132. The van der Waals surface area contributed by atoms with Gasteiger partial charge in [-0.1, -0.05) is 17.5 Å². The van der Waals surface area contributed by atoms with Crippen molar-refractivity contribution in [1.29, 1.82) is 0 Å². The van der Waals surface area contributed by atoms with Crippen molar-refractivity contribution in [1.82, 2.24) is 0 Å². The maximum Gasteiger partial charge on any atom is 0.217 e. The number of terminal acetylenes is 1. The molecule has 0 aromatic heterocycles. The van der Waals surface area contributed by atoms with E-state index in [1.807, 2.05) is 0 Å². The Labute approximate surface area is 111 Å². The average molecular weight is 268 g/mol. The van der Waals surface area contributed by atoms with Crippen LogP contribution in [0, 0.1) is 12.3 Å². The normalized spacial score (nSPS) is 9.61. The fourth-order valence-corrected chi connectivity index (χ4v) is 1.67. The maximum atomic E-state index is 10.7. The SMILES string of the molecule is C#CCOc1cc(Cl)c(CCC(N)=O)cc1OC. The Kier molecular flexibility index (Phi) is 5.34. The van der Waals surface area contributed by atoms with Crippen molar-refractivity contribution in [2.45, 2.75) is 12.8 Å². The number of nitrogens with two attached hydrogens (primary N) is 1. The summed E-state index contributed by atoms with van der Waals surface area (Å²) in [6.45, 7) is 0.132. The quantitative estimate of drug-likeness (QED) is 0.799. The highest BCUT2D eigenvalue weighted by Gasteiger charge is 2.11. The molecule has 0 fully saturated rings. The van der Waals surface area contributed by atoms with Crippen molar-refractivity contribution in [3.8, 4) is 23.8 Å². The molecular weight excluding hydrogens is 254 g/mol. The third kappa shape index (κ3) is 3.86. The second kappa shape index (κ2) is 6.77. The lowest BCUT2D eigenvalue weighted by molar-refractivity contribution is -0.117. The topological polar surface area (TPSA) is 61.5 Å². The van der Waals surface area contributed by atoms with E-state index < -0.39 is 0 Å². The van der Waals surface area contributed by atoms with Crippen LogP contribution in [-0.2, 0) is 11.2 Å². The van der Waals surface area contributed by atoms with E-state index in [1.165, 1.54) is 7.11 Å². The van der Waals surface area contributed by atoms with Crippen LogP contribution in [0.3, 0.4) is 0 Å². The van der Waals surface area contributed by atoms with Gasteiger partial charge in [-0.3, -0.25) is 4.79 Å². The van der Waals surface area contributed by atoms with E-state index in [0.717, 1.165) is 5.56 Å². The number of hydrogen-bond donors (Lipinski definition) is 1. The zero-order valence-corrected chi connectivity index (χ0v) is 10.8. The third-order valence-corrected chi connectivity index (χ3v) is 2.64. The summed E-state index contributed by atoms with van der Waals surface area (Å²) < 4.78 is 10.5. The van der Waals surface area contributed by atoms with Crippen molar-refractivity contribution >= 4 is 17.5 Å². The van der Waals surface area contributed by atoms with E-state index in [9.17, 15) is 4.79 Å². The van der Waals surface area contributed by atoms with Gasteiger partial charge in [-0.15, -0.1) is 6.42 Å². The van der Waals surface area contributed by atoms with Crippen LogP contribution in [0.25, 0.3) is 0 Å². The summed E-state index contributed by atoms with van der Waals surface area (Å²) in [5.41, 5.74) is 5.87. The molecule has 1 aromatic carbocycles. The van der Waals surface area contributed by atoms with E-state index in [1.54, 1.807) is 12.1 Å². The Morgan fingerprint density at radius 1 is 1.50 bits per heavy atom. The van der Waals surface area contributed by atoms with Crippen LogP contribution in [0.5, 0.6) is 11.5 Å². The average Bonchev–Trinajstić information content (AvgIpc) is 2.34. The number of carbonyl (C=O) groups is 1. The molecule has 0 aliphatic rings. The molecule has 0 aliphatic heterocycles. The third-order valence-electron chi connectivity index (χ3n) is 2.28. The molecule has 0 unspecified atom stereocenters. The number of primary amides is 1. The van der Waals surface area contributed by atoms with Crippen LogP contribution in [0.1, 0.15) is 12.0 Å². The summed E-state index contributed by atoms with van der Waals surface area (Å²) in [5, 5.41) is 0.490. The Morgan fingerprint density at radius 2 is 2.22 bits per heavy atom. The van der Waals surface area contributed by atoms with Gasteiger partial charge in [-0.2, -0.15) is 0 Å². The van der Waals surface area contributed by atoms with Gasteiger partial charge in [-0.05, 0) is 18.1 Å². The molecule has 1 rings (SSSR count). The molecule has 0 saturated carbocycles. The van der Waals surface area contributed by atoms with E-state index in [2.05, 4.69) is 5.92 Å². The molecule has 18 heavy (non-hydrogen) atoms. The van der Waals surface area contributed by atoms with Gasteiger partial charge in [0.2, 0.25) is 5.91 Å². The lowest BCUT2D eigenvalue weighted by Crippen LogP contribution is -2.11. The zero-order chi connectivity index (χ0) is 13.5. The van der Waals surface area contributed by atoms with Gasteiger partial charge in [0, 0.05) is 17.5 Å². The van der Waals surface area contributed by atoms with Crippen LogP contribution in [-0.4, -0.2) is 19.6 Å². The molecule has 0 radical (unpaired) electrons. The number of hydrogen-bond acceptors (Lipinski definition) is 3. The lowest BCUT2D eigenvalue weighted by Gasteiger charge is -2.12. The Morgan fingerprint density at radius 3 is 2.78 bits per heavy atom. The highest BCUT2D eigenvalue weighted by Crippen LogP contribution is 2.33. The predicted octanol–water partition coefficient (Wildman–Crippen LogP) is 1.78. The second-order valence-corrected chi connectivity index (χ2v) is 3.96. The molecule has 0 atom stereocenters. The molecule has 96 valence electrons. The van der Waals surface area contributed by atoms with Gasteiger partial charge in [0.05, 0.1) is 7.11 Å². The van der Waals surface area contributed by atoms with E-state index in [4.69, 9.17) is 33.2 Å². The summed E-state index contributed by atoms with van der Waals surface area (Å²) in [5.74, 6) is 2.98. The van der Waals surface area contributed by atoms with Crippen LogP contribution < -0.4 is 15.2 Å². The number of rotatable bonds is 6. The second-order valence-electron chi connectivity index (χ2n) is 3.55. The molecule has 2 N–H and O–H groups in total. The van der Waals surface area contributed by atoms with Gasteiger partial charge in [0.1, 0.15) is 6.61 Å². The van der Waals surface area contributed by atoms with Crippen molar-refractivity contribution in [2.75, 3.05) is 13.7 Å². The van der Waals surface area contributed by atoms with Gasteiger partial charge in [0.15, 0.2) is 11.5 Å². The number of amides is 1. The summed E-state index contributed by atoms with van der Waals surface area (Å²) >= 11 is 6.08. The highest BCUT2D eigenvalue weighted by atomic mass is 35.5. The first-order chi connectivity index (χ1) is 8.58. The number of methoxy groups -OCH3 is 1. The van der Waals surface area contributed by atoms with Crippen molar-refractivity contribution < 1.29 is 14.3 Å². The van der Waals surface area contributed by atoms with Crippen LogP contribution in [0.4, 0.5) is 0 Å². The fourth-order valence-electron chi connectivity index (χ4n) is 1.42. The molecular formula is C13H14ClNO3. The molecule has 0 bridgehead atoms. The molecule has 5 heteroatoms. The summed E-state index contributed by atoms with van der Waals surface area (Å²) in [4.78, 5) is 10.7. The number of benzene rings is 1. The van der Waals surface area contributed by atoms with E-state index in [0.29, 0.717) is 22.9 Å². The van der Waals surface area contributed by atoms with Crippen LogP contribution in [0.2, 0.25) is 5.02 Å². The Balaban J connectivity index is 2.95. The summed E-state index contributed by atoms with van der Waals surface area (Å²) in [6.07, 6.45) is 5.80. The first-order valence-electron chi connectivity index (χ1n) is 5.29. The molecule has 0 aliphatic carbocycles. The van der Waals surface area contributed by atoms with Crippen molar-refractivity contribution in [2.24, 2.45) is 5.73 Å². The van der Waals surface area contributed by atoms with Gasteiger partial charge < -0.3 is 15.2 Å². The molecule has 0 saturated heterocycles. The number of carbonyl (C=O) groups excluding carboxylic acids is 1. The predicted molar refractivity (Wildman–Crippen MR) is 69.8 cm³/mol. The van der Waals surface area contributed by atoms with E-state index in [-0.39, 0.29) is 18.9 Å². The number of ether oxygens (including phenoxy) is 2. The Hall–Kier alpha value is -1.86. The Bertz CT molecular complexity index is 480. The maximum absolute atomic E-state index is 10.7. The molecule has 0 spiro atoms. The minimum atomic E-state index is -0.377. The van der Waals surface area contributed by atoms with E-state index >= 15 is 0 Å². The van der Waals surface area contributed by atoms with Gasteiger partial charge in [-0.25, -0.2) is 0 Å². The van der Waals surface area contributed by atoms with Crippen molar-refractivity contribution in [3.05, 3.63) is 22.7 Å². The zero-order valence-electron chi connectivity index (χ0n) is 10.0. The molecule has 1 aromatic rings. The minimum Gasteiger partial charge on any atom is -0.493 e. The van der Waals surface area contributed by atoms with Crippen LogP contribution in [0.15, 0.2) is 12.1 Å². The smallest absolute Gasteiger partial charge is 0.217 e. The molecule has 1 amide bonds. The first-order valence-corrected chi connectivity index (χ1v) is 5.67. The number of halogens is 1. The lowest BCUT2D eigenvalue weighted by atomic mass is 10.1. The van der Waals surface area contributed by atoms with Crippen LogP contribution >= 0.6 is 11.6 Å². The highest BCUT2D eigenvalue weighted by molar-refractivity contribution is 6.31. The van der Waals surface area contributed by atoms with Crippen molar-refractivity contribution in [3.63, 3.8) is 0 Å². The van der Waals surface area contributed by atoms with Gasteiger partial charge in [0.25, 0.3) is 0 Å². The molecule has 0 heterocycles. The summed E-state index contributed by atoms with van der Waals surface area (Å²) in [6, 6.07) is 3.34. The van der Waals surface area contributed by atoms with Gasteiger partial charge >= 0.3 is 0 Å². The number of aryl methyl sites for hydroxylation is 1. The summed E-state index contributed by atoms with van der Waals surface area (Å²) in [7, 11) is 1.52. The monoisotopic (exact) mass is 267 g/mol. The molecule has 4 nitrogen and oxygen atoms in total. The standard InChI is InChI=1S/C13H14ClNO3/c1-3-6-18-12-8-10(14)9(4-5-13(15)16)7-11(12)17-2/h1,7-8H,4-6H2,2H3,(H2,15,16). The largest absolute Gasteiger partial charge is 0.493 e.